The fourth-order valence-electron chi connectivity index (χ4n) is 3.11. The minimum atomic E-state index is 0.360. The van der Waals surface area contributed by atoms with Crippen molar-refractivity contribution in [1.82, 2.24) is 4.57 Å². The zero-order chi connectivity index (χ0) is 13.1. The molecular weight excluding hydrogens is 222 g/mol. The molecule has 1 aromatic rings. The number of hydrogen-bond acceptors (Lipinski definition) is 1. The van der Waals surface area contributed by atoms with Crippen molar-refractivity contribution in [2.75, 3.05) is 0 Å². The van der Waals surface area contributed by atoms with Gasteiger partial charge in [0.1, 0.15) is 0 Å². The monoisotopic (exact) mass is 245 g/mol. The highest BCUT2D eigenvalue weighted by Crippen LogP contribution is 2.30. The van der Waals surface area contributed by atoms with E-state index in [2.05, 4.69) is 25.0 Å². The summed E-state index contributed by atoms with van der Waals surface area (Å²) in [5.74, 6) is 0.360. The molecule has 1 aromatic heterocycles. The van der Waals surface area contributed by atoms with Gasteiger partial charge in [-0.3, -0.25) is 4.79 Å². The van der Waals surface area contributed by atoms with E-state index < -0.39 is 0 Å². The van der Waals surface area contributed by atoms with Crippen LogP contribution in [0, 0.1) is 6.92 Å². The summed E-state index contributed by atoms with van der Waals surface area (Å²) in [6.45, 7) is 9.11. The Bertz CT molecular complexity index is 468. The van der Waals surface area contributed by atoms with Crippen LogP contribution in [0.5, 0.6) is 0 Å². The molecule has 0 fully saturated rings. The third kappa shape index (κ3) is 2.16. The molecule has 1 aliphatic carbocycles. The predicted molar refractivity (Wildman–Crippen MR) is 75.2 cm³/mol. The molecule has 0 bridgehead atoms. The van der Waals surface area contributed by atoms with Crippen molar-refractivity contribution in [3.63, 3.8) is 0 Å². The molecule has 0 aliphatic heterocycles. The number of carbonyl (C=O) groups excluding carboxylic acids is 1. The Hall–Kier alpha value is -1.31. The SMILES string of the molecule is C=CCCCn1c(C)c(CC)c2c1CCCC2=O. The maximum atomic E-state index is 12.1. The number of rotatable bonds is 5. The molecule has 2 heteroatoms. The van der Waals surface area contributed by atoms with Crippen LogP contribution in [0.15, 0.2) is 12.7 Å². The van der Waals surface area contributed by atoms with Crippen LogP contribution in [0.3, 0.4) is 0 Å². The first-order valence-corrected chi connectivity index (χ1v) is 7.05. The molecule has 98 valence electrons. The number of nitrogens with zero attached hydrogens (tertiary/aromatic N) is 1. The Kier molecular flexibility index (Phi) is 4.05. The van der Waals surface area contributed by atoms with Gasteiger partial charge in [0.2, 0.25) is 0 Å². The molecule has 0 saturated heterocycles. The third-order valence-electron chi connectivity index (χ3n) is 4.00. The van der Waals surface area contributed by atoms with E-state index in [-0.39, 0.29) is 0 Å². The minimum Gasteiger partial charge on any atom is -0.348 e. The minimum absolute atomic E-state index is 0.360. The maximum Gasteiger partial charge on any atom is 0.164 e. The van der Waals surface area contributed by atoms with Gasteiger partial charge in [0.05, 0.1) is 0 Å². The Morgan fingerprint density at radius 3 is 2.83 bits per heavy atom. The van der Waals surface area contributed by atoms with Crippen molar-refractivity contribution in [1.29, 1.82) is 0 Å². The summed E-state index contributed by atoms with van der Waals surface area (Å²) in [5, 5.41) is 0. The predicted octanol–water partition coefficient (Wildman–Crippen LogP) is 3.84. The summed E-state index contributed by atoms with van der Waals surface area (Å²) < 4.78 is 2.38. The van der Waals surface area contributed by atoms with Crippen molar-refractivity contribution >= 4 is 5.78 Å². The Balaban J connectivity index is 2.39. The van der Waals surface area contributed by atoms with Crippen LogP contribution in [-0.2, 0) is 19.4 Å². The van der Waals surface area contributed by atoms with Crippen LogP contribution in [0.2, 0.25) is 0 Å². The zero-order valence-corrected chi connectivity index (χ0v) is 11.6. The van der Waals surface area contributed by atoms with Crippen LogP contribution in [0.4, 0.5) is 0 Å². The molecule has 0 N–H and O–H groups in total. The van der Waals surface area contributed by atoms with Crippen molar-refractivity contribution in [3.05, 3.63) is 35.2 Å². The van der Waals surface area contributed by atoms with Crippen LogP contribution in [0.25, 0.3) is 0 Å². The highest BCUT2D eigenvalue weighted by Gasteiger charge is 2.26. The van der Waals surface area contributed by atoms with Crippen LogP contribution >= 0.6 is 0 Å². The number of allylic oxidation sites excluding steroid dienone is 1. The van der Waals surface area contributed by atoms with E-state index in [0.717, 1.165) is 50.6 Å². The van der Waals surface area contributed by atoms with E-state index in [9.17, 15) is 4.79 Å². The number of unbranched alkanes of at least 4 members (excludes halogenated alkanes) is 1. The number of carbonyl (C=O) groups is 1. The van der Waals surface area contributed by atoms with Crippen molar-refractivity contribution < 1.29 is 4.79 Å². The van der Waals surface area contributed by atoms with E-state index in [0.29, 0.717) is 5.78 Å². The number of aromatic nitrogens is 1. The molecular formula is C16H23NO. The average Bonchev–Trinajstić information content (AvgIpc) is 2.64. The summed E-state index contributed by atoms with van der Waals surface area (Å²) >= 11 is 0. The Labute approximate surface area is 110 Å². The molecule has 18 heavy (non-hydrogen) atoms. The topological polar surface area (TPSA) is 22.0 Å². The third-order valence-corrected chi connectivity index (χ3v) is 4.00. The van der Waals surface area contributed by atoms with Gasteiger partial charge < -0.3 is 4.57 Å². The number of ketones is 1. The van der Waals surface area contributed by atoms with E-state index in [1.54, 1.807) is 0 Å². The van der Waals surface area contributed by atoms with Gasteiger partial charge in [-0.25, -0.2) is 0 Å². The zero-order valence-electron chi connectivity index (χ0n) is 11.6. The Morgan fingerprint density at radius 1 is 1.39 bits per heavy atom. The summed E-state index contributed by atoms with van der Waals surface area (Å²) in [5.41, 5.74) is 4.94. The second kappa shape index (κ2) is 5.55. The normalized spacial score (nSPS) is 14.7. The first-order valence-electron chi connectivity index (χ1n) is 7.05. The van der Waals surface area contributed by atoms with Gasteiger partial charge in [0.25, 0.3) is 0 Å². The maximum absolute atomic E-state index is 12.1. The lowest BCUT2D eigenvalue weighted by atomic mass is 9.92. The summed E-state index contributed by atoms with van der Waals surface area (Å²) in [4.78, 5) is 12.1. The van der Waals surface area contributed by atoms with E-state index in [1.807, 2.05) is 6.08 Å². The van der Waals surface area contributed by atoms with Gasteiger partial charge in [-0.2, -0.15) is 0 Å². The number of Topliss-reactive ketones (excluding diaryl/α,β-unsaturated/α-hetero) is 1. The molecule has 0 aromatic carbocycles. The largest absolute Gasteiger partial charge is 0.348 e. The van der Waals surface area contributed by atoms with Gasteiger partial charge in [-0.05, 0) is 44.6 Å². The highest BCUT2D eigenvalue weighted by molar-refractivity contribution is 6.00. The molecule has 0 radical (unpaired) electrons. The number of hydrogen-bond donors (Lipinski definition) is 0. The lowest BCUT2D eigenvalue weighted by Crippen LogP contribution is -2.14. The van der Waals surface area contributed by atoms with Gasteiger partial charge >= 0.3 is 0 Å². The lowest BCUT2D eigenvalue weighted by molar-refractivity contribution is 0.0971. The molecule has 0 saturated carbocycles. The van der Waals surface area contributed by atoms with E-state index in [1.165, 1.54) is 17.0 Å². The molecule has 0 unspecified atom stereocenters. The molecule has 0 atom stereocenters. The molecule has 2 nitrogen and oxygen atoms in total. The molecule has 0 amide bonds. The fourth-order valence-corrected chi connectivity index (χ4v) is 3.11. The highest BCUT2D eigenvalue weighted by atomic mass is 16.1. The average molecular weight is 245 g/mol. The Morgan fingerprint density at radius 2 is 2.17 bits per heavy atom. The summed E-state index contributed by atoms with van der Waals surface area (Å²) in [7, 11) is 0. The van der Waals surface area contributed by atoms with Crippen molar-refractivity contribution in [2.45, 2.75) is 58.9 Å². The standard InChI is InChI=1S/C16H23NO/c1-4-6-7-11-17-12(3)13(5-2)16-14(17)9-8-10-15(16)18/h4H,1,5-11H2,2-3H3. The summed E-state index contributed by atoms with van der Waals surface area (Å²) in [6.07, 6.45) is 7.90. The van der Waals surface area contributed by atoms with Crippen LogP contribution in [0.1, 0.15) is 59.9 Å². The second-order valence-electron chi connectivity index (χ2n) is 5.10. The molecule has 0 spiro atoms. The lowest BCUT2D eigenvalue weighted by Gasteiger charge is -2.15. The molecule has 1 aliphatic rings. The molecule has 1 heterocycles. The van der Waals surface area contributed by atoms with Crippen molar-refractivity contribution in [2.24, 2.45) is 0 Å². The van der Waals surface area contributed by atoms with Crippen molar-refractivity contribution in [3.8, 4) is 0 Å². The van der Waals surface area contributed by atoms with Gasteiger partial charge in [-0.1, -0.05) is 13.0 Å². The van der Waals surface area contributed by atoms with Crippen LogP contribution in [-0.4, -0.2) is 10.4 Å². The molecule has 2 rings (SSSR count). The van der Waals surface area contributed by atoms with E-state index >= 15 is 0 Å². The fraction of sp³-hybridized carbons (Fsp3) is 0.562. The van der Waals surface area contributed by atoms with Gasteiger partial charge in [-0.15, -0.1) is 6.58 Å². The van der Waals surface area contributed by atoms with Gasteiger partial charge in [0, 0.05) is 29.9 Å². The second-order valence-corrected chi connectivity index (χ2v) is 5.10. The summed E-state index contributed by atoms with van der Waals surface area (Å²) in [6, 6.07) is 0. The van der Waals surface area contributed by atoms with E-state index in [4.69, 9.17) is 0 Å². The number of fused-ring (bicyclic) bond motifs is 1. The quantitative estimate of drug-likeness (QED) is 0.570. The smallest absolute Gasteiger partial charge is 0.164 e. The van der Waals surface area contributed by atoms with Gasteiger partial charge in [0.15, 0.2) is 5.78 Å². The first-order chi connectivity index (χ1) is 8.70. The van der Waals surface area contributed by atoms with Crippen LogP contribution < -0.4 is 0 Å². The first kappa shape index (κ1) is 13.1.